The Bertz CT molecular complexity index is 632. The van der Waals surface area contributed by atoms with E-state index in [1.807, 2.05) is 29.7 Å². The zero-order chi connectivity index (χ0) is 12.6. The summed E-state index contributed by atoms with van der Waals surface area (Å²) in [6.45, 7) is 2.64. The maximum absolute atomic E-state index is 11.4. The van der Waals surface area contributed by atoms with Gasteiger partial charge in [-0.2, -0.15) is 0 Å². The minimum absolute atomic E-state index is 0.0874. The average molecular weight is 333 g/mol. The van der Waals surface area contributed by atoms with Gasteiger partial charge in [0.15, 0.2) is 4.77 Å². The van der Waals surface area contributed by atoms with Crippen LogP contribution >= 0.6 is 28.1 Å². The fourth-order valence-electron chi connectivity index (χ4n) is 1.68. The minimum Gasteiger partial charge on any atom is -0.331 e. The van der Waals surface area contributed by atoms with Crippen LogP contribution in [0.1, 0.15) is 6.92 Å². The van der Waals surface area contributed by atoms with Crippen LogP contribution < -0.4 is 0 Å². The summed E-state index contributed by atoms with van der Waals surface area (Å²) in [6, 6.07) is 5.99. The van der Waals surface area contributed by atoms with Gasteiger partial charge >= 0.3 is 0 Å². The molecule has 3 nitrogen and oxygen atoms in total. The molecule has 92 valence electrons. The zero-order valence-electron chi connectivity index (χ0n) is 9.57. The fraction of sp³-hybridized carbons (Fsp3) is 0.364. The molecule has 1 aromatic carbocycles. The predicted molar refractivity (Wildman–Crippen MR) is 78.4 cm³/mol. The molecule has 0 radical (unpaired) electrons. The number of aromatic nitrogens is 2. The lowest BCUT2D eigenvalue weighted by molar-refractivity contribution is 0.647. The van der Waals surface area contributed by atoms with Gasteiger partial charge in [0.05, 0.1) is 11.0 Å². The minimum atomic E-state index is -0.841. The molecule has 1 N–H and O–H groups in total. The Labute approximate surface area is 116 Å². The van der Waals surface area contributed by atoms with Gasteiger partial charge < -0.3 is 9.55 Å². The first-order chi connectivity index (χ1) is 7.99. The molecule has 0 spiro atoms. The highest BCUT2D eigenvalue weighted by Crippen LogP contribution is 2.20. The van der Waals surface area contributed by atoms with Crippen molar-refractivity contribution in [2.75, 3.05) is 6.26 Å². The quantitative estimate of drug-likeness (QED) is 0.876. The van der Waals surface area contributed by atoms with Crippen LogP contribution in [0.3, 0.4) is 0 Å². The number of halogens is 1. The smallest absolute Gasteiger partial charge is 0.178 e. The van der Waals surface area contributed by atoms with Crippen molar-refractivity contribution in [3.05, 3.63) is 27.4 Å². The Morgan fingerprint density at radius 2 is 2.29 bits per heavy atom. The largest absolute Gasteiger partial charge is 0.331 e. The maximum Gasteiger partial charge on any atom is 0.178 e. The van der Waals surface area contributed by atoms with Gasteiger partial charge in [-0.1, -0.05) is 15.9 Å². The highest BCUT2D eigenvalue weighted by Gasteiger charge is 2.11. The molecule has 0 aliphatic carbocycles. The first kappa shape index (κ1) is 13.0. The normalized spacial score (nSPS) is 15.0. The second-order valence-corrected chi connectivity index (χ2v) is 7.12. The SMILES string of the molecule is CC(Cn1c(=S)[nH]c2cc(Br)ccc21)S(C)=O. The molecule has 1 aromatic heterocycles. The van der Waals surface area contributed by atoms with Crippen molar-refractivity contribution in [3.63, 3.8) is 0 Å². The van der Waals surface area contributed by atoms with E-state index in [1.54, 1.807) is 6.26 Å². The third kappa shape index (κ3) is 2.69. The molecule has 0 bridgehead atoms. The lowest BCUT2D eigenvalue weighted by atomic mass is 10.3. The summed E-state index contributed by atoms with van der Waals surface area (Å²) in [5, 5.41) is 0.0874. The highest BCUT2D eigenvalue weighted by atomic mass is 79.9. The number of aromatic amines is 1. The zero-order valence-corrected chi connectivity index (χ0v) is 12.8. The van der Waals surface area contributed by atoms with E-state index in [4.69, 9.17) is 12.2 Å². The van der Waals surface area contributed by atoms with E-state index in [1.165, 1.54) is 0 Å². The molecule has 0 aliphatic heterocycles. The molecule has 2 unspecified atom stereocenters. The summed E-state index contributed by atoms with van der Waals surface area (Å²) < 4.78 is 15.1. The van der Waals surface area contributed by atoms with Gasteiger partial charge in [0.25, 0.3) is 0 Å². The molecule has 17 heavy (non-hydrogen) atoms. The highest BCUT2D eigenvalue weighted by molar-refractivity contribution is 9.10. The molecule has 2 atom stereocenters. The summed E-state index contributed by atoms with van der Waals surface area (Å²) in [6.07, 6.45) is 1.72. The molecular weight excluding hydrogens is 320 g/mol. The number of hydrogen-bond donors (Lipinski definition) is 1. The van der Waals surface area contributed by atoms with Gasteiger partial charge in [0, 0.05) is 33.3 Å². The summed E-state index contributed by atoms with van der Waals surface area (Å²) in [4.78, 5) is 3.16. The molecule has 0 amide bonds. The van der Waals surface area contributed by atoms with Gasteiger partial charge in [0.2, 0.25) is 0 Å². The van der Waals surface area contributed by atoms with Crippen molar-refractivity contribution in [1.29, 1.82) is 0 Å². The molecule has 0 fully saturated rings. The predicted octanol–water partition coefficient (Wildman–Crippen LogP) is 3.23. The number of benzene rings is 1. The Kier molecular flexibility index (Phi) is 3.85. The summed E-state index contributed by atoms with van der Waals surface area (Å²) in [7, 11) is -0.841. The molecule has 2 aromatic rings. The van der Waals surface area contributed by atoms with Crippen molar-refractivity contribution in [2.24, 2.45) is 0 Å². The number of rotatable bonds is 3. The Hall–Kier alpha value is -0.460. The number of fused-ring (bicyclic) bond motifs is 1. The standard InChI is InChI=1S/C11H13BrN2OS2/c1-7(17(2)15)6-14-10-4-3-8(12)5-9(10)13-11(14)16/h3-5,7H,6H2,1-2H3,(H,13,16). The Morgan fingerprint density at radius 3 is 2.94 bits per heavy atom. The third-order valence-electron chi connectivity index (χ3n) is 2.74. The molecule has 6 heteroatoms. The van der Waals surface area contributed by atoms with E-state index < -0.39 is 10.8 Å². The van der Waals surface area contributed by atoms with Crippen molar-refractivity contribution in [1.82, 2.24) is 9.55 Å². The van der Waals surface area contributed by atoms with E-state index >= 15 is 0 Å². The lowest BCUT2D eigenvalue weighted by Crippen LogP contribution is -2.17. The Morgan fingerprint density at radius 1 is 1.59 bits per heavy atom. The van der Waals surface area contributed by atoms with Gasteiger partial charge in [-0.05, 0) is 37.3 Å². The Balaban J connectivity index is 2.50. The van der Waals surface area contributed by atoms with Crippen LogP contribution in [0.15, 0.2) is 22.7 Å². The second-order valence-electron chi connectivity index (χ2n) is 4.01. The molecule has 1 heterocycles. The van der Waals surface area contributed by atoms with Gasteiger partial charge in [-0.15, -0.1) is 0 Å². The van der Waals surface area contributed by atoms with E-state index in [9.17, 15) is 4.21 Å². The van der Waals surface area contributed by atoms with Crippen molar-refractivity contribution < 1.29 is 4.21 Å². The van der Waals surface area contributed by atoms with Crippen LogP contribution in [0.2, 0.25) is 0 Å². The van der Waals surface area contributed by atoms with Crippen LogP contribution in [0, 0.1) is 4.77 Å². The van der Waals surface area contributed by atoms with Crippen LogP contribution in [0.4, 0.5) is 0 Å². The van der Waals surface area contributed by atoms with Crippen LogP contribution in [0.25, 0.3) is 11.0 Å². The monoisotopic (exact) mass is 332 g/mol. The van der Waals surface area contributed by atoms with E-state index in [0.29, 0.717) is 11.3 Å². The number of imidazole rings is 1. The molecule has 0 saturated heterocycles. The van der Waals surface area contributed by atoms with Crippen molar-refractivity contribution in [2.45, 2.75) is 18.7 Å². The third-order valence-corrected chi connectivity index (χ3v) is 4.84. The van der Waals surface area contributed by atoms with Crippen LogP contribution in [0.5, 0.6) is 0 Å². The molecular formula is C11H13BrN2OS2. The van der Waals surface area contributed by atoms with E-state index in [0.717, 1.165) is 15.5 Å². The number of hydrogen-bond acceptors (Lipinski definition) is 2. The first-order valence-electron chi connectivity index (χ1n) is 5.19. The van der Waals surface area contributed by atoms with E-state index in [-0.39, 0.29) is 5.25 Å². The van der Waals surface area contributed by atoms with E-state index in [2.05, 4.69) is 20.9 Å². The topological polar surface area (TPSA) is 37.8 Å². The summed E-state index contributed by atoms with van der Waals surface area (Å²) in [5.41, 5.74) is 2.05. The van der Waals surface area contributed by atoms with Gasteiger partial charge in [0.1, 0.15) is 0 Å². The molecule has 0 saturated carbocycles. The fourth-order valence-corrected chi connectivity index (χ4v) is 2.68. The van der Waals surface area contributed by atoms with Crippen LogP contribution in [-0.2, 0) is 17.3 Å². The number of nitrogens with zero attached hydrogens (tertiary/aromatic N) is 1. The summed E-state index contributed by atoms with van der Waals surface area (Å²) in [5.74, 6) is 0. The molecule has 2 rings (SSSR count). The van der Waals surface area contributed by atoms with Gasteiger partial charge in [-0.25, -0.2) is 0 Å². The average Bonchev–Trinajstić information content (AvgIpc) is 2.54. The molecule has 0 aliphatic rings. The second kappa shape index (κ2) is 5.04. The maximum atomic E-state index is 11.4. The number of H-pyrrole nitrogens is 1. The first-order valence-corrected chi connectivity index (χ1v) is 8.01. The number of nitrogens with one attached hydrogen (secondary N) is 1. The van der Waals surface area contributed by atoms with Crippen molar-refractivity contribution >= 4 is 50.0 Å². The van der Waals surface area contributed by atoms with Gasteiger partial charge in [-0.3, -0.25) is 4.21 Å². The summed E-state index contributed by atoms with van der Waals surface area (Å²) >= 11 is 8.72. The van der Waals surface area contributed by atoms with Crippen molar-refractivity contribution in [3.8, 4) is 0 Å². The lowest BCUT2D eigenvalue weighted by Gasteiger charge is -2.10. The van der Waals surface area contributed by atoms with Crippen LogP contribution in [-0.4, -0.2) is 25.3 Å².